The summed E-state index contributed by atoms with van der Waals surface area (Å²) in [4.78, 5) is 25.8. The quantitative estimate of drug-likeness (QED) is 0.860. The molecule has 6 heteroatoms. The summed E-state index contributed by atoms with van der Waals surface area (Å²) >= 11 is 0. The minimum absolute atomic E-state index is 0.0557. The van der Waals surface area contributed by atoms with E-state index in [-0.39, 0.29) is 18.2 Å². The first-order valence-corrected chi connectivity index (χ1v) is 6.66. The van der Waals surface area contributed by atoms with Gasteiger partial charge < -0.3 is 19.7 Å². The molecule has 2 heterocycles. The maximum Gasteiger partial charge on any atom is 0.266 e. The molecule has 1 aromatic carbocycles. The van der Waals surface area contributed by atoms with Crippen molar-refractivity contribution in [1.82, 2.24) is 4.90 Å². The zero-order chi connectivity index (χ0) is 13.9. The van der Waals surface area contributed by atoms with Gasteiger partial charge in [0.05, 0.1) is 25.3 Å². The van der Waals surface area contributed by atoms with Crippen LogP contribution in [0.2, 0.25) is 0 Å². The van der Waals surface area contributed by atoms with E-state index in [4.69, 9.17) is 9.47 Å². The molecule has 0 spiro atoms. The minimum atomic E-state index is -0.764. The van der Waals surface area contributed by atoms with Crippen LogP contribution in [0.25, 0.3) is 0 Å². The fraction of sp³-hybridized carbons (Fsp3) is 0.429. The van der Waals surface area contributed by atoms with Crippen LogP contribution < -0.4 is 10.1 Å². The fourth-order valence-electron chi connectivity index (χ4n) is 2.33. The van der Waals surface area contributed by atoms with Crippen LogP contribution in [-0.2, 0) is 14.3 Å². The highest BCUT2D eigenvalue weighted by molar-refractivity contribution is 5.99. The van der Waals surface area contributed by atoms with Crippen LogP contribution in [0.5, 0.6) is 5.75 Å². The third kappa shape index (κ3) is 2.60. The average Bonchev–Trinajstić information content (AvgIpc) is 2.49. The second-order valence-electron chi connectivity index (χ2n) is 4.79. The molecule has 1 atom stereocenters. The number of hydrogen-bond acceptors (Lipinski definition) is 4. The predicted molar refractivity (Wildman–Crippen MR) is 71.5 cm³/mol. The number of rotatable bonds is 2. The third-order valence-electron chi connectivity index (χ3n) is 3.43. The van der Waals surface area contributed by atoms with Crippen molar-refractivity contribution in [2.24, 2.45) is 0 Å². The molecule has 20 heavy (non-hydrogen) atoms. The molecule has 0 unspecified atom stereocenters. The van der Waals surface area contributed by atoms with Gasteiger partial charge in [-0.25, -0.2) is 0 Å². The van der Waals surface area contributed by atoms with Gasteiger partial charge in [0.25, 0.3) is 5.91 Å². The Morgan fingerprint density at radius 2 is 2.05 bits per heavy atom. The van der Waals surface area contributed by atoms with E-state index in [2.05, 4.69) is 5.32 Å². The van der Waals surface area contributed by atoms with Gasteiger partial charge in [-0.1, -0.05) is 12.1 Å². The summed E-state index contributed by atoms with van der Waals surface area (Å²) in [6, 6.07) is 7.20. The number of benzene rings is 1. The molecule has 0 radical (unpaired) electrons. The van der Waals surface area contributed by atoms with E-state index < -0.39 is 6.10 Å². The lowest BCUT2D eigenvalue weighted by molar-refractivity contribution is -0.140. The van der Waals surface area contributed by atoms with Crippen molar-refractivity contribution < 1.29 is 19.1 Å². The first-order valence-electron chi connectivity index (χ1n) is 6.66. The van der Waals surface area contributed by atoms with Gasteiger partial charge in [0.2, 0.25) is 5.91 Å². The average molecular weight is 276 g/mol. The summed E-state index contributed by atoms with van der Waals surface area (Å²) in [5.41, 5.74) is 0.646. The minimum Gasteiger partial charge on any atom is -0.478 e. The van der Waals surface area contributed by atoms with Crippen LogP contribution in [0.4, 0.5) is 5.69 Å². The van der Waals surface area contributed by atoms with E-state index in [1.807, 2.05) is 12.1 Å². The molecule has 1 N–H and O–H groups in total. The van der Waals surface area contributed by atoms with Gasteiger partial charge in [0.1, 0.15) is 5.75 Å². The van der Waals surface area contributed by atoms with Crippen LogP contribution in [0.3, 0.4) is 0 Å². The van der Waals surface area contributed by atoms with Crippen LogP contribution in [0.1, 0.15) is 6.42 Å². The number of ether oxygens (including phenoxy) is 2. The van der Waals surface area contributed by atoms with Crippen molar-refractivity contribution in [3.05, 3.63) is 24.3 Å². The van der Waals surface area contributed by atoms with Crippen LogP contribution >= 0.6 is 0 Å². The number of morpholine rings is 1. The molecule has 106 valence electrons. The van der Waals surface area contributed by atoms with Gasteiger partial charge in [-0.05, 0) is 12.1 Å². The highest BCUT2D eigenvalue weighted by Crippen LogP contribution is 2.29. The molecule has 2 aliphatic rings. The standard InChI is InChI=1S/C14H16N2O4/c17-13(16-5-7-19-8-6-16)9-12-14(18)15-10-3-1-2-4-11(10)20-12/h1-4,12H,5-9H2,(H,15,18)/t12-/m1/s1. The number of amides is 2. The van der Waals surface area contributed by atoms with Gasteiger partial charge in [-0.3, -0.25) is 9.59 Å². The molecular formula is C14H16N2O4. The summed E-state index contributed by atoms with van der Waals surface area (Å²) in [7, 11) is 0. The van der Waals surface area contributed by atoms with Crippen LogP contribution in [0, 0.1) is 0 Å². The van der Waals surface area contributed by atoms with Crippen LogP contribution in [-0.4, -0.2) is 49.1 Å². The lowest BCUT2D eigenvalue weighted by Crippen LogP contribution is -2.45. The Balaban J connectivity index is 1.66. The molecule has 1 fully saturated rings. The molecule has 2 aliphatic heterocycles. The number of fused-ring (bicyclic) bond motifs is 1. The molecule has 2 amide bonds. The van der Waals surface area contributed by atoms with Gasteiger partial charge in [0, 0.05) is 13.1 Å². The zero-order valence-corrected chi connectivity index (χ0v) is 11.0. The molecular weight excluding hydrogens is 260 g/mol. The number of para-hydroxylation sites is 2. The second-order valence-corrected chi connectivity index (χ2v) is 4.79. The molecule has 0 aromatic heterocycles. The number of anilines is 1. The molecule has 0 bridgehead atoms. The van der Waals surface area contributed by atoms with Gasteiger partial charge in [-0.15, -0.1) is 0 Å². The zero-order valence-electron chi connectivity index (χ0n) is 11.0. The smallest absolute Gasteiger partial charge is 0.266 e. The van der Waals surface area contributed by atoms with E-state index >= 15 is 0 Å². The van der Waals surface area contributed by atoms with Gasteiger partial charge >= 0.3 is 0 Å². The van der Waals surface area contributed by atoms with Gasteiger partial charge in [-0.2, -0.15) is 0 Å². The van der Waals surface area contributed by atoms with Gasteiger partial charge in [0.15, 0.2) is 6.10 Å². The first-order chi connectivity index (χ1) is 9.74. The highest BCUT2D eigenvalue weighted by Gasteiger charge is 2.31. The summed E-state index contributed by atoms with van der Waals surface area (Å²) in [6.45, 7) is 2.24. The number of nitrogens with one attached hydrogen (secondary N) is 1. The second kappa shape index (κ2) is 5.50. The topological polar surface area (TPSA) is 67.9 Å². The predicted octanol–water partition coefficient (Wildman–Crippen LogP) is 0.635. The lowest BCUT2D eigenvalue weighted by Gasteiger charge is -2.30. The maximum absolute atomic E-state index is 12.1. The summed E-state index contributed by atoms with van der Waals surface area (Å²) < 4.78 is 10.8. The Bertz CT molecular complexity index is 526. The Hall–Kier alpha value is -2.08. The molecule has 0 aliphatic carbocycles. The van der Waals surface area contributed by atoms with E-state index in [0.29, 0.717) is 37.7 Å². The largest absolute Gasteiger partial charge is 0.478 e. The fourth-order valence-corrected chi connectivity index (χ4v) is 2.33. The Kier molecular flexibility index (Phi) is 3.56. The molecule has 0 saturated carbocycles. The van der Waals surface area contributed by atoms with Crippen molar-refractivity contribution in [2.75, 3.05) is 31.6 Å². The van der Waals surface area contributed by atoms with E-state index in [9.17, 15) is 9.59 Å². The van der Waals surface area contributed by atoms with Crippen molar-refractivity contribution in [1.29, 1.82) is 0 Å². The van der Waals surface area contributed by atoms with Crippen molar-refractivity contribution in [2.45, 2.75) is 12.5 Å². The summed E-state index contributed by atoms with van der Waals surface area (Å²) in [5, 5.41) is 2.76. The first kappa shape index (κ1) is 12.9. The van der Waals surface area contributed by atoms with Crippen LogP contribution in [0.15, 0.2) is 24.3 Å². The van der Waals surface area contributed by atoms with Crippen molar-refractivity contribution >= 4 is 17.5 Å². The molecule has 1 saturated heterocycles. The van der Waals surface area contributed by atoms with E-state index in [1.165, 1.54) is 0 Å². The normalized spacial score (nSPS) is 21.7. The summed E-state index contributed by atoms with van der Waals surface area (Å²) in [6.07, 6.45) is -0.708. The third-order valence-corrected chi connectivity index (χ3v) is 3.43. The molecule has 6 nitrogen and oxygen atoms in total. The highest BCUT2D eigenvalue weighted by atomic mass is 16.5. The van der Waals surface area contributed by atoms with E-state index in [0.717, 1.165) is 0 Å². The number of carbonyl (C=O) groups excluding carboxylic acids is 2. The summed E-state index contributed by atoms with van der Waals surface area (Å²) in [5.74, 6) is 0.255. The lowest BCUT2D eigenvalue weighted by atomic mass is 10.1. The van der Waals surface area contributed by atoms with Crippen molar-refractivity contribution in [3.63, 3.8) is 0 Å². The Morgan fingerprint density at radius 1 is 1.30 bits per heavy atom. The maximum atomic E-state index is 12.1. The van der Waals surface area contributed by atoms with E-state index in [1.54, 1.807) is 17.0 Å². The number of carbonyl (C=O) groups is 2. The number of nitrogens with zero attached hydrogens (tertiary/aromatic N) is 1. The molecule has 3 rings (SSSR count). The van der Waals surface area contributed by atoms with Crippen molar-refractivity contribution in [3.8, 4) is 5.75 Å². The SMILES string of the molecule is O=C1Nc2ccccc2O[C@@H]1CC(=O)N1CCOCC1. The molecule has 1 aromatic rings. The number of hydrogen-bond donors (Lipinski definition) is 1. The Labute approximate surface area is 116 Å². The monoisotopic (exact) mass is 276 g/mol. The Morgan fingerprint density at radius 3 is 2.85 bits per heavy atom.